The average molecular weight is 173 g/mol. The Labute approximate surface area is 74.3 Å². The van der Waals surface area contributed by atoms with Crippen LogP contribution in [0.15, 0.2) is 0 Å². The zero-order valence-corrected chi connectivity index (χ0v) is 8.39. The second-order valence-corrected chi connectivity index (χ2v) is 4.35. The van der Waals surface area contributed by atoms with Gasteiger partial charge in [0.25, 0.3) is 0 Å². The molecule has 1 unspecified atom stereocenters. The van der Waals surface area contributed by atoms with Crippen molar-refractivity contribution in [3.05, 3.63) is 0 Å². The van der Waals surface area contributed by atoms with Crippen LogP contribution in [0.2, 0.25) is 0 Å². The summed E-state index contributed by atoms with van der Waals surface area (Å²) in [4.78, 5) is 10.4. The molecule has 3 heteroatoms. The summed E-state index contributed by atoms with van der Waals surface area (Å²) in [5.41, 5.74) is 5.17. The highest BCUT2D eigenvalue weighted by molar-refractivity contribution is 5.74. The van der Waals surface area contributed by atoms with Crippen molar-refractivity contribution in [3.63, 3.8) is 0 Å². The molecule has 0 rings (SSSR count). The topological polar surface area (TPSA) is 52.3 Å². The van der Waals surface area contributed by atoms with E-state index in [1.165, 1.54) is 0 Å². The molecule has 0 spiro atoms. The molecule has 1 amide bonds. The molecule has 0 aromatic heterocycles. The van der Waals surface area contributed by atoms with Gasteiger partial charge in [-0.2, -0.15) is 0 Å². The Balaban J connectivity index is 3.60. The van der Waals surface area contributed by atoms with Gasteiger partial charge in [-0.3, -0.25) is 4.79 Å². The van der Waals surface area contributed by atoms with E-state index in [1.807, 2.05) is 6.92 Å². The van der Waals surface area contributed by atoms with Gasteiger partial charge in [-0.1, -0.05) is 20.8 Å². The minimum atomic E-state index is -0.407. The molecule has 0 saturated carbocycles. The Morgan fingerprint density at radius 2 is 2.00 bits per heavy atom. The SMILES string of the molecule is CC(CC(C)(C)C)OCC(N)=O. The van der Waals surface area contributed by atoms with Crippen LogP contribution in [0.25, 0.3) is 0 Å². The number of carbonyl (C=O) groups is 1. The fourth-order valence-electron chi connectivity index (χ4n) is 1.15. The number of amides is 1. The summed E-state index contributed by atoms with van der Waals surface area (Å²) < 4.78 is 5.20. The summed E-state index contributed by atoms with van der Waals surface area (Å²) >= 11 is 0. The van der Waals surface area contributed by atoms with Crippen LogP contribution < -0.4 is 5.73 Å². The lowest BCUT2D eigenvalue weighted by Gasteiger charge is -2.22. The van der Waals surface area contributed by atoms with Gasteiger partial charge in [-0.05, 0) is 18.8 Å². The number of ether oxygens (including phenoxy) is 1. The van der Waals surface area contributed by atoms with Crippen LogP contribution in [0.4, 0.5) is 0 Å². The van der Waals surface area contributed by atoms with Crippen LogP contribution in [0, 0.1) is 5.41 Å². The van der Waals surface area contributed by atoms with Gasteiger partial charge >= 0.3 is 0 Å². The predicted molar refractivity (Wildman–Crippen MR) is 48.7 cm³/mol. The second kappa shape index (κ2) is 4.45. The Hall–Kier alpha value is -0.570. The molecule has 0 aromatic carbocycles. The largest absolute Gasteiger partial charge is 0.369 e. The van der Waals surface area contributed by atoms with Crippen molar-refractivity contribution >= 4 is 5.91 Å². The first-order valence-electron chi connectivity index (χ1n) is 4.21. The summed E-state index contributed by atoms with van der Waals surface area (Å²) in [6, 6.07) is 0. The molecule has 3 nitrogen and oxygen atoms in total. The maximum absolute atomic E-state index is 10.4. The minimum Gasteiger partial charge on any atom is -0.369 e. The average Bonchev–Trinajstić information content (AvgIpc) is 1.79. The number of rotatable bonds is 4. The van der Waals surface area contributed by atoms with E-state index >= 15 is 0 Å². The van der Waals surface area contributed by atoms with E-state index in [1.54, 1.807) is 0 Å². The molecule has 12 heavy (non-hydrogen) atoms. The molecule has 2 N–H and O–H groups in total. The van der Waals surface area contributed by atoms with Crippen LogP contribution in [-0.2, 0) is 9.53 Å². The lowest BCUT2D eigenvalue weighted by Crippen LogP contribution is -2.24. The van der Waals surface area contributed by atoms with Crippen molar-refractivity contribution in [2.45, 2.75) is 40.2 Å². The molecule has 0 heterocycles. The molecule has 0 aromatic rings. The molecule has 0 radical (unpaired) electrons. The van der Waals surface area contributed by atoms with E-state index in [2.05, 4.69) is 20.8 Å². The molecule has 0 aliphatic rings. The molecular weight excluding hydrogens is 154 g/mol. The molecule has 0 saturated heterocycles. The van der Waals surface area contributed by atoms with Gasteiger partial charge in [-0.25, -0.2) is 0 Å². The molecule has 72 valence electrons. The van der Waals surface area contributed by atoms with Crippen molar-refractivity contribution in [2.24, 2.45) is 11.1 Å². The van der Waals surface area contributed by atoms with E-state index in [0.717, 1.165) is 6.42 Å². The molecular formula is C9H19NO2. The highest BCUT2D eigenvalue weighted by atomic mass is 16.5. The third-order valence-corrected chi connectivity index (χ3v) is 1.41. The van der Waals surface area contributed by atoms with E-state index in [-0.39, 0.29) is 18.1 Å². The van der Waals surface area contributed by atoms with Gasteiger partial charge in [0.1, 0.15) is 6.61 Å². The highest BCUT2D eigenvalue weighted by Gasteiger charge is 2.15. The molecule has 0 aliphatic heterocycles. The first kappa shape index (κ1) is 11.4. The fraction of sp³-hybridized carbons (Fsp3) is 0.889. The standard InChI is InChI=1S/C9H19NO2/c1-7(5-9(2,3)4)12-6-8(10)11/h7H,5-6H2,1-4H3,(H2,10,11). The van der Waals surface area contributed by atoms with Gasteiger partial charge in [-0.15, -0.1) is 0 Å². The number of hydrogen-bond donors (Lipinski definition) is 1. The summed E-state index contributed by atoms with van der Waals surface area (Å²) in [6.45, 7) is 8.39. The lowest BCUT2D eigenvalue weighted by atomic mass is 9.90. The van der Waals surface area contributed by atoms with Crippen LogP contribution in [0.3, 0.4) is 0 Å². The number of hydrogen-bond acceptors (Lipinski definition) is 2. The molecule has 0 bridgehead atoms. The summed E-state index contributed by atoms with van der Waals surface area (Å²) in [5.74, 6) is -0.407. The Bertz CT molecular complexity index is 149. The molecule has 0 fully saturated rings. The monoisotopic (exact) mass is 173 g/mol. The van der Waals surface area contributed by atoms with Gasteiger partial charge in [0.15, 0.2) is 0 Å². The second-order valence-electron chi connectivity index (χ2n) is 4.35. The van der Waals surface area contributed by atoms with E-state index in [4.69, 9.17) is 10.5 Å². The first-order valence-corrected chi connectivity index (χ1v) is 4.21. The van der Waals surface area contributed by atoms with Gasteiger partial charge in [0.2, 0.25) is 5.91 Å². The van der Waals surface area contributed by atoms with Crippen LogP contribution in [0.1, 0.15) is 34.1 Å². The zero-order chi connectivity index (χ0) is 9.78. The van der Waals surface area contributed by atoms with Crippen molar-refractivity contribution in [2.75, 3.05) is 6.61 Å². The Kier molecular flexibility index (Phi) is 4.24. The normalized spacial score (nSPS) is 14.3. The minimum absolute atomic E-state index is 0.0250. The molecule has 1 atom stereocenters. The Morgan fingerprint density at radius 3 is 2.33 bits per heavy atom. The van der Waals surface area contributed by atoms with Crippen molar-refractivity contribution in [1.29, 1.82) is 0 Å². The fourth-order valence-corrected chi connectivity index (χ4v) is 1.15. The van der Waals surface area contributed by atoms with Crippen LogP contribution in [0.5, 0.6) is 0 Å². The van der Waals surface area contributed by atoms with Gasteiger partial charge in [0, 0.05) is 0 Å². The first-order chi connectivity index (χ1) is 5.31. The van der Waals surface area contributed by atoms with Crippen LogP contribution >= 0.6 is 0 Å². The van der Waals surface area contributed by atoms with E-state index in [0.29, 0.717) is 0 Å². The maximum atomic E-state index is 10.4. The summed E-state index contributed by atoms with van der Waals surface area (Å²) in [7, 11) is 0. The van der Waals surface area contributed by atoms with Crippen molar-refractivity contribution in [1.82, 2.24) is 0 Å². The van der Waals surface area contributed by atoms with E-state index in [9.17, 15) is 4.79 Å². The Morgan fingerprint density at radius 1 is 1.50 bits per heavy atom. The summed E-state index contributed by atoms with van der Waals surface area (Å²) in [6.07, 6.45) is 1.03. The third-order valence-electron chi connectivity index (χ3n) is 1.41. The maximum Gasteiger partial charge on any atom is 0.243 e. The van der Waals surface area contributed by atoms with Gasteiger partial charge < -0.3 is 10.5 Å². The number of primary amides is 1. The smallest absolute Gasteiger partial charge is 0.243 e. The summed E-state index contributed by atoms with van der Waals surface area (Å²) in [5, 5.41) is 0. The number of carbonyl (C=O) groups excluding carboxylic acids is 1. The lowest BCUT2D eigenvalue weighted by molar-refractivity contribution is -0.124. The number of nitrogens with two attached hydrogens (primary N) is 1. The molecule has 0 aliphatic carbocycles. The predicted octanol–water partition coefficient (Wildman–Crippen LogP) is 1.31. The van der Waals surface area contributed by atoms with E-state index < -0.39 is 5.91 Å². The van der Waals surface area contributed by atoms with Crippen LogP contribution in [-0.4, -0.2) is 18.6 Å². The van der Waals surface area contributed by atoms with Crippen molar-refractivity contribution < 1.29 is 9.53 Å². The van der Waals surface area contributed by atoms with Crippen molar-refractivity contribution in [3.8, 4) is 0 Å². The van der Waals surface area contributed by atoms with Gasteiger partial charge in [0.05, 0.1) is 6.10 Å². The quantitative estimate of drug-likeness (QED) is 0.697. The third kappa shape index (κ3) is 7.54. The highest BCUT2D eigenvalue weighted by Crippen LogP contribution is 2.21. The zero-order valence-electron chi connectivity index (χ0n) is 8.39.